The second kappa shape index (κ2) is 3.56. The van der Waals surface area contributed by atoms with Gasteiger partial charge in [-0.1, -0.05) is 24.8 Å². The van der Waals surface area contributed by atoms with E-state index in [2.05, 4.69) is 6.58 Å². The smallest absolute Gasteiger partial charge is 0.137 e. The van der Waals surface area contributed by atoms with Crippen LogP contribution in [0.15, 0.2) is 42.7 Å². The lowest BCUT2D eigenvalue weighted by Gasteiger charge is -2.01. The summed E-state index contributed by atoms with van der Waals surface area (Å²) in [5.74, 6) is 1.05. The van der Waals surface area contributed by atoms with Crippen molar-refractivity contribution in [2.45, 2.75) is 0 Å². The standard InChI is InChI=1S/C9H9NO/c1-8(7-10)11-9-5-3-2-4-6-9/h2-7,10H,1H2. The van der Waals surface area contributed by atoms with E-state index >= 15 is 0 Å². The van der Waals surface area contributed by atoms with Crippen LogP contribution >= 0.6 is 0 Å². The number of rotatable bonds is 3. The fourth-order valence-electron chi connectivity index (χ4n) is 0.669. The summed E-state index contributed by atoms with van der Waals surface area (Å²) < 4.78 is 5.13. The Kier molecular flexibility index (Phi) is 2.44. The zero-order valence-corrected chi connectivity index (χ0v) is 6.08. The second-order valence-electron chi connectivity index (χ2n) is 2.03. The molecule has 0 aromatic heterocycles. The van der Waals surface area contributed by atoms with Crippen LogP contribution in [0.3, 0.4) is 0 Å². The van der Waals surface area contributed by atoms with Crippen LogP contribution in [0.1, 0.15) is 0 Å². The average Bonchev–Trinajstić information content (AvgIpc) is 2.06. The normalized spacial score (nSPS) is 8.73. The summed E-state index contributed by atoms with van der Waals surface area (Å²) in [5, 5.41) is 6.81. The first-order chi connectivity index (χ1) is 5.33. The third-order valence-electron chi connectivity index (χ3n) is 1.15. The first-order valence-electron chi connectivity index (χ1n) is 3.25. The van der Waals surface area contributed by atoms with Gasteiger partial charge in [0, 0.05) is 0 Å². The van der Waals surface area contributed by atoms with Crippen molar-refractivity contribution in [3.63, 3.8) is 0 Å². The van der Waals surface area contributed by atoms with Crippen molar-refractivity contribution >= 4 is 6.21 Å². The lowest BCUT2D eigenvalue weighted by Crippen LogP contribution is -1.92. The van der Waals surface area contributed by atoms with Crippen LogP contribution in [0.25, 0.3) is 0 Å². The molecule has 0 atom stereocenters. The molecule has 1 aromatic rings. The number of ether oxygens (including phenoxy) is 1. The van der Waals surface area contributed by atoms with E-state index in [4.69, 9.17) is 10.1 Å². The minimum absolute atomic E-state index is 0.344. The molecule has 0 bridgehead atoms. The summed E-state index contributed by atoms with van der Waals surface area (Å²) in [6.07, 6.45) is 1.08. The highest BCUT2D eigenvalue weighted by Crippen LogP contribution is 2.10. The first-order valence-corrected chi connectivity index (χ1v) is 3.25. The Morgan fingerprint density at radius 3 is 2.55 bits per heavy atom. The van der Waals surface area contributed by atoms with Gasteiger partial charge in [0.25, 0.3) is 0 Å². The zero-order valence-electron chi connectivity index (χ0n) is 6.08. The predicted molar refractivity (Wildman–Crippen MR) is 45.0 cm³/mol. The van der Waals surface area contributed by atoms with Gasteiger partial charge in [-0.2, -0.15) is 0 Å². The van der Waals surface area contributed by atoms with Gasteiger partial charge in [-0.05, 0) is 12.1 Å². The van der Waals surface area contributed by atoms with E-state index in [1.807, 2.05) is 30.3 Å². The lowest BCUT2D eigenvalue weighted by molar-refractivity contribution is 0.459. The minimum Gasteiger partial charge on any atom is -0.456 e. The third kappa shape index (κ3) is 2.26. The SMILES string of the molecule is C=C(C=N)Oc1ccccc1. The Bertz CT molecular complexity index is 254. The molecule has 0 aliphatic carbocycles. The molecule has 0 spiro atoms. The van der Waals surface area contributed by atoms with Crippen LogP contribution in [0.2, 0.25) is 0 Å². The van der Waals surface area contributed by atoms with Crippen molar-refractivity contribution in [1.82, 2.24) is 0 Å². The van der Waals surface area contributed by atoms with Crippen LogP contribution in [0.5, 0.6) is 5.75 Å². The predicted octanol–water partition coefficient (Wildman–Crippen LogP) is 2.23. The number of allylic oxidation sites excluding steroid dienone is 1. The molecule has 0 amide bonds. The molecule has 0 unspecified atom stereocenters. The van der Waals surface area contributed by atoms with Crippen molar-refractivity contribution in [2.75, 3.05) is 0 Å². The van der Waals surface area contributed by atoms with Gasteiger partial charge in [0.1, 0.15) is 11.5 Å². The van der Waals surface area contributed by atoms with E-state index in [0.29, 0.717) is 11.5 Å². The molecule has 11 heavy (non-hydrogen) atoms. The van der Waals surface area contributed by atoms with E-state index in [1.165, 1.54) is 0 Å². The van der Waals surface area contributed by atoms with Crippen LogP contribution in [-0.2, 0) is 0 Å². The summed E-state index contributed by atoms with van der Waals surface area (Å²) in [6, 6.07) is 9.27. The molecule has 1 N–H and O–H groups in total. The Balaban J connectivity index is 2.65. The Morgan fingerprint density at radius 2 is 2.00 bits per heavy atom. The average molecular weight is 147 g/mol. The topological polar surface area (TPSA) is 33.1 Å². The molecular formula is C9H9NO. The van der Waals surface area contributed by atoms with Gasteiger partial charge in [0.15, 0.2) is 0 Å². The molecule has 0 radical (unpaired) electrons. The van der Waals surface area contributed by atoms with E-state index in [1.54, 1.807) is 0 Å². The maximum atomic E-state index is 6.81. The molecule has 1 aromatic carbocycles. The number of para-hydroxylation sites is 1. The summed E-state index contributed by atoms with van der Waals surface area (Å²) in [6.45, 7) is 3.50. The van der Waals surface area contributed by atoms with Crippen LogP contribution in [-0.4, -0.2) is 6.21 Å². The monoisotopic (exact) mass is 147 g/mol. The van der Waals surface area contributed by atoms with Gasteiger partial charge in [-0.25, -0.2) is 0 Å². The van der Waals surface area contributed by atoms with Crippen molar-refractivity contribution < 1.29 is 4.74 Å². The van der Waals surface area contributed by atoms with Gasteiger partial charge in [-0.3, -0.25) is 0 Å². The van der Waals surface area contributed by atoms with Gasteiger partial charge in [0.2, 0.25) is 0 Å². The molecule has 2 nitrogen and oxygen atoms in total. The Hall–Kier alpha value is -1.57. The molecule has 2 heteroatoms. The van der Waals surface area contributed by atoms with Crippen molar-refractivity contribution in [1.29, 1.82) is 5.41 Å². The number of hydrogen-bond donors (Lipinski definition) is 1. The van der Waals surface area contributed by atoms with E-state index in [0.717, 1.165) is 6.21 Å². The van der Waals surface area contributed by atoms with Gasteiger partial charge < -0.3 is 10.1 Å². The fraction of sp³-hybridized carbons (Fsp3) is 0. The molecule has 0 heterocycles. The van der Waals surface area contributed by atoms with E-state index in [-0.39, 0.29) is 0 Å². The fourth-order valence-corrected chi connectivity index (χ4v) is 0.669. The molecule has 1 rings (SSSR count). The molecule has 0 saturated heterocycles. The highest BCUT2D eigenvalue weighted by molar-refractivity contribution is 5.72. The summed E-state index contributed by atoms with van der Waals surface area (Å²) in [5.41, 5.74) is 0. The molecule has 0 fully saturated rings. The Labute approximate surface area is 65.6 Å². The van der Waals surface area contributed by atoms with Crippen molar-refractivity contribution in [3.05, 3.63) is 42.7 Å². The summed E-state index contributed by atoms with van der Waals surface area (Å²) >= 11 is 0. The summed E-state index contributed by atoms with van der Waals surface area (Å²) in [4.78, 5) is 0. The maximum Gasteiger partial charge on any atom is 0.137 e. The number of nitrogens with one attached hydrogen (secondary N) is 1. The molecule has 0 saturated carbocycles. The Morgan fingerprint density at radius 1 is 1.36 bits per heavy atom. The van der Waals surface area contributed by atoms with Crippen LogP contribution in [0.4, 0.5) is 0 Å². The third-order valence-corrected chi connectivity index (χ3v) is 1.15. The number of hydrogen-bond acceptors (Lipinski definition) is 2. The highest BCUT2D eigenvalue weighted by Gasteiger charge is 1.90. The van der Waals surface area contributed by atoms with Gasteiger partial charge in [0.05, 0.1) is 6.21 Å². The van der Waals surface area contributed by atoms with Gasteiger partial charge in [-0.15, -0.1) is 0 Å². The minimum atomic E-state index is 0.344. The van der Waals surface area contributed by atoms with Crippen LogP contribution < -0.4 is 4.74 Å². The highest BCUT2D eigenvalue weighted by atomic mass is 16.5. The van der Waals surface area contributed by atoms with Gasteiger partial charge >= 0.3 is 0 Å². The lowest BCUT2D eigenvalue weighted by atomic mass is 10.3. The summed E-state index contributed by atoms with van der Waals surface area (Å²) in [7, 11) is 0. The zero-order chi connectivity index (χ0) is 8.10. The molecular weight excluding hydrogens is 138 g/mol. The largest absolute Gasteiger partial charge is 0.456 e. The maximum absolute atomic E-state index is 6.81. The van der Waals surface area contributed by atoms with Crippen molar-refractivity contribution in [2.24, 2.45) is 0 Å². The molecule has 0 aliphatic rings. The van der Waals surface area contributed by atoms with Crippen LogP contribution in [0, 0.1) is 5.41 Å². The quantitative estimate of drug-likeness (QED) is 0.516. The van der Waals surface area contributed by atoms with Crippen molar-refractivity contribution in [3.8, 4) is 5.75 Å². The number of benzene rings is 1. The first kappa shape index (κ1) is 7.54. The second-order valence-corrected chi connectivity index (χ2v) is 2.03. The molecule has 0 aliphatic heterocycles. The van der Waals surface area contributed by atoms with E-state index < -0.39 is 0 Å². The van der Waals surface area contributed by atoms with E-state index in [9.17, 15) is 0 Å². The molecule has 56 valence electrons.